The molecule has 1 unspecified atom stereocenters. The molecule has 1 aliphatic rings. The second-order valence-corrected chi connectivity index (χ2v) is 8.04. The van der Waals surface area contributed by atoms with Gasteiger partial charge in [0, 0.05) is 13.1 Å². The monoisotopic (exact) mass is 315 g/mol. The van der Waals surface area contributed by atoms with Crippen molar-refractivity contribution in [3.05, 3.63) is 14.7 Å². The van der Waals surface area contributed by atoms with Crippen molar-refractivity contribution < 1.29 is 13.5 Å². The quantitative estimate of drug-likeness (QED) is 0.910. The van der Waals surface area contributed by atoms with Gasteiger partial charge >= 0.3 is 0 Å². The zero-order chi connectivity index (χ0) is 12.6. The van der Waals surface area contributed by atoms with Crippen molar-refractivity contribution >= 4 is 44.6 Å². The second-order valence-electron chi connectivity index (χ2n) is 3.85. The number of piperidine rings is 1. The Morgan fingerprint density at radius 2 is 2.18 bits per heavy atom. The Morgan fingerprint density at radius 1 is 1.47 bits per heavy atom. The highest BCUT2D eigenvalue weighted by atomic mass is 35.5. The minimum Gasteiger partial charge on any atom is -0.392 e. The number of thiophene rings is 1. The normalized spacial score (nSPS) is 22.9. The van der Waals surface area contributed by atoms with Crippen molar-refractivity contribution in [2.24, 2.45) is 0 Å². The first-order chi connectivity index (χ1) is 7.91. The molecule has 96 valence electrons. The van der Waals surface area contributed by atoms with Gasteiger partial charge in [0.15, 0.2) is 0 Å². The van der Waals surface area contributed by atoms with Crippen LogP contribution >= 0.6 is 34.5 Å². The van der Waals surface area contributed by atoms with Gasteiger partial charge < -0.3 is 5.11 Å². The summed E-state index contributed by atoms with van der Waals surface area (Å²) < 4.78 is 26.2. The summed E-state index contributed by atoms with van der Waals surface area (Å²) in [7, 11) is -3.64. The van der Waals surface area contributed by atoms with Crippen LogP contribution in [0.4, 0.5) is 0 Å². The third-order valence-corrected chi connectivity index (χ3v) is 6.22. The van der Waals surface area contributed by atoms with Crippen LogP contribution in [0.15, 0.2) is 11.0 Å². The third-order valence-electron chi connectivity index (χ3n) is 2.60. The average Bonchev–Trinajstić information content (AvgIpc) is 2.58. The number of rotatable bonds is 2. The Labute approximate surface area is 114 Å². The fraction of sp³-hybridized carbons (Fsp3) is 0.556. The molecule has 1 N–H and O–H groups in total. The SMILES string of the molecule is O=S(=O)(c1cc(Cl)sc1Cl)N1CCCC(O)C1. The summed E-state index contributed by atoms with van der Waals surface area (Å²) in [5.41, 5.74) is 0. The lowest BCUT2D eigenvalue weighted by Gasteiger charge is -2.28. The van der Waals surface area contributed by atoms with Gasteiger partial charge in [0.1, 0.15) is 9.23 Å². The summed E-state index contributed by atoms with van der Waals surface area (Å²) in [6.45, 7) is 0.523. The molecule has 1 aromatic rings. The van der Waals surface area contributed by atoms with Crippen molar-refractivity contribution in [3.8, 4) is 0 Å². The maximum Gasteiger partial charge on any atom is 0.245 e. The molecule has 2 heterocycles. The van der Waals surface area contributed by atoms with Crippen molar-refractivity contribution in [3.63, 3.8) is 0 Å². The molecule has 1 atom stereocenters. The largest absolute Gasteiger partial charge is 0.392 e. The van der Waals surface area contributed by atoms with Gasteiger partial charge in [-0.05, 0) is 18.9 Å². The van der Waals surface area contributed by atoms with Crippen LogP contribution in [-0.4, -0.2) is 37.0 Å². The molecule has 0 aromatic carbocycles. The summed E-state index contributed by atoms with van der Waals surface area (Å²) in [6.07, 6.45) is 0.673. The van der Waals surface area contributed by atoms with E-state index in [4.69, 9.17) is 23.2 Å². The predicted molar refractivity (Wildman–Crippen MR) is 68.3 cm³/mol. The van der Waals surface area contributed by atoms with Gasteiger partial charge in [-0.2, -0.15) is 4.31 Å². The molecule has 0 spiro atoms. The molecule has 4 nitrogen and oxygen atoms in total. The van der Waals surface area contributed by atoms with Crippen LogP contribution in [0.2, 0.25) is 8.67 Å². The Hall–Kier alpha value is 0.150. The number of halogens is 2. The minimum atomic E-state index is -3.64. The van der Waals surface area contributed by atoms with Gasteiger partial charge in [-0.3, -0.25) is 0 Å². The Bertz CT molecular complexity index is 514. The zero-order valence-electron chi connectivity index (χ0n) is 8.77. The van der Waals surface area contributed by atoms with Gasteiger partial charge in [0.05, 0.1) is 10.4 Å². The van der Waals surface area contributed by atoms with Crippen LogP contribution < -0.4 is 0 Å². The summed E-state index contributed by atoms with van der Waals surface area (Å²) in [5.74, 6) is 0. The Kier molecular flexibility index (Phi) is 4.02. The fourth-order valence-corrected chi connectivity index (χ4v) is 5.41. The molecule has 1 aliphatic heterocycles. The number of sulfonamides is 1. The van der Waals surface area contributed by atoms with Crippen molar-refractivity contribution in [1.29, 1.82) is 0 Å². The standard InChI is InChI=1S/C9H11Cl2NO3S2/c10-8-4-7(9(11)16-8)17(14,15)12-3-1-2-6(13)5-12/h4,6,13H,1-3,5H2. The van der Waals surface area contributed by atoms with Crippen LogP contribution in [0.3, 0.4) is 0 Å². The second kappa shape index (κ2) is 5.03. The minimum absolute atomic E-state index is 0.0308. The topological polar surface area (TPSA) is 57.6 Å². The van der Waals surface area contributed by atoms with E-state index < -0.39 is 16.1 Å². The first-order valence-corrected chi connectivity index (χ1v) is 8.05. The summed E-state index contributed by atoms with van der Waals surface area (Å²) in [4.78, 5) is 0.0308. The Morgan fingerprint density at radius 3 is 2.71 bits per heavy atom. The third kappa shape index (κ3) is 2.77. The molecule has 2 rings (SSSR count). The summed E-state index contributed by atoms with van der Waals surface area (Å²) >= 11 is 12.6. The molecule has 8 heteroatoms. The van der Waals surface area contributed by atoms with Crippen molar-refractivity contribution in [2.75, 3.05) is 13.1 Å². The number of hydrogen-bond donors (Lipinski definition) is 1. The number of nitrogens with zero attached hydrogens (tertiary/aromatic N) is 1. The maximum absolute atomic E-state index is 12.2. The molecule has 0 amide bonds. The lowest BCUT2D eigenvalue weighted by atomic mass is 10.1. The van der Waals surface area contributed by atoms with E-state index in [2.05, 4.69) is 0 Å². The molecule has 1 fully saturated rings. The number of hydrogen-bond acceptors (Lipinski definition) is 4. The molecular formula is C9H11Cl2NO3S2. The smallest absolute Gasteiger partial charge is 0.245 e. The van der Waals surface area contributed by atoms with Crippen LogP contribution in [0.25, 0.3) is 0 Å². The van der Waals surface area contributed by atoms with E-state index in [1.165, 1.54) is 10.4 Å². The summed E-state index contributed by atoms with van der Waals surface area (Å²) in [5, 5.41) is 9.50. The number of aliphatic hydroxyl groups excluding tert-OH is 1. The number of aliphatic hydroxyl groups is 1. The van der Waals surface area contributed by atoms with Crippen LogP contribution in [-0.2, 0) is 10.0 Å². The fourth-order valence-electron chi connectivity index (χ4n) is 1.78. The zero-order valence-corrected chi connectivity index (χ0v) is 11.9. The van der Waals surface area contributed by atoms with E-state index in [1.54, 1.807) is 0 Å². The Balaban J connectivity index is 2.33. The van der Waals surface area contributed by atoms with E-state index in [-0.39, 0.29) is 15.8 Å². The highest BCUT2D eigenvalue weighted by Gasteiger charge is 2.32. The molecule has 0 aliphatic carbocycles. The number of β-amino-alcohol motifs (C(OH)–C–C–N with tert-alkyl or cyclic N) is 1. The average molecular weight is 316 g/mol. The maximum atomic E-state index is 12.2. The first-order valence-electron chi connectivity index (χ1n) is 5.04. The lowest BCUT2D eigenvalue weighted by Crippen LogP contribution is -2.42. The lowest BCUT2D eigenvalue weighted by molar-refractivity contribution is 0.108. The van der Waals surface area contributed by atoms with E-state index in [1.807, 2.05) is 0 Å². The highest BCUT2D eigenvalue weighted by molar-refractivity contribution is 7.89. The molecular weight excluding hydrogens is 305 g/mol. The van der Waals surface area contributed by atoms with E-state index in [9.17, 15) is 13.5 Å². The van der Waals surface area contributed by atoms with Crippen LogP contribution in [0.1, 0.15) is 12.8 Å². The van der Waals surface area contributed by atoms with Gasteiger partial charge in [0.2, 0.25) is 10.0 Å². The van der Waals surface area contributed by atoms with Gasteiger partial charge in [-0.1, -0.05) is 23.2 Å². The predicted octanol–water partition coefficient (Wildman–Crippen LogP) is 2.20. The van der Waals surface area contributed by atoms with E-state index >= 15 is 0 Å². The first kappa shape index (κ1) is 13.6. The van der Waals surface area contributed by atoms with Crippen LogP contribution in [0.5, 0.6) is 0 Å². The van der Waals surface area contributed by atoms with Crippen LogP contribution in [0, 0.1) is 0 Å². The molecule has 0 bridgehead atoms. The van der Waals surface area contributed by atoms with E-state index in [0.717, 1.165) is 11.3 Å². The summed E-state index contributed by atoms with van der Waals surface area (Å²) in [6, 6.07) is 1.35. The van der Waals surface area contributed by atoms with Gasteiger partial charge in [0.25, 0.3) is 0 Å². The van der Waals surface area contributed by atoms with Gasteiger partial charge in [-0.15, -0.1) is 11.3 Å². The van der Waals surface area contributed by atoms with Gasteiger partial charge in [-0.25, -0.2) is 8.42 Å². The molecule has 0 saturated carbocycles. The highest BCUT2D eigenvalue weighted by Crippen LogP contribution is 2.36. The molecule has 17 heavy (non-hydrogen) atoms. The van der Waals surface area contributed by atoms with Crippen molar-refractivity contribution in [1.82, 2.24) is 4.31 Å². The van der Waals surface area contributed by atoms with E-state index in [0.29, 0.717) is 23.7 Å². The molecule has 1 saturated heterocycles. The molecule has 0 radical (unpaired) electrons. The molecule has 1 aromatic heterocycles. The van der Waals surface area contributed by atoms with Crippen molar-refractivity contribution in [2.45, 2.75) is 23.8 Å².